The molecule has 1 aromatic heterocycles. The van der Waals surface area contributed by atoms with Crippen LogP contribution >= 0.6 is 0 Å². The molecule has 0 radical (unpaired) electrons. The average molecular weight is 393 g/mol. The molecule has 0 fully saturated rings. The van der Waals surface area contributed by atoms with Crippen LogP contribution in [-0.2, 0) is 19.4 Å². The van der Waals surface area contributed by atoms with E-state index in [2.05, 4.69) is 46.4 Å². The van der Waals surface area contributed by atoms with Crippen molar-refractivity contribution in [2.75, 3.05) is 21.3 Å². The molecule has 0 saturated carbocycles. The van der Waals surface area contributed by atoms with Gasteiger partial charge in [-0.3, -0.25) is 4.90 Å². The summed E-state index contributed by atoms with van der Waals surface area (Å²) in [6, 6.07) is 14.9. The average Bonchev–Trinajstić information content (AvgIpc) is 3.19. The van der Waals surface area contributed by atoms with Gasteiger partial charge in [-0.15, -0.1) is 0 Å². The van der Waals surface area contributed by atoms with Gasteiger partial charge < -0.3 is 14.0 Å². The topological polar surface area (TPSA) is 60.6 Å². The van der Waals surface area contributed by atoms with Crippen molar-refractivity contribution in [3.05, 3.63) is 70.9 Å². The third-order valence-corrected chi connectivity index (χ3v) is 5.57. The van der Waals surface area contributed by atoms with Crippen molar-refractivity contribution in [1.82, 2.24) is 15.0 Å². The molecule has 1 aliphatic rings. The molecule has 1 atom stereocenters. The van der Waals surface area contributed by atoms with E-state index in [-0.39, 0.29) is 0 Å². The fourth-order valence-corrected chi connectivity index (χ4v) is 4.11. The second-order valence-corrected chi connectivity index (χ2v) is 7.49. The van der Waals surface area contributed by atoms with Crippen LogP contribution in [0, 0.1) is 0 Å². The molecule has 4 rings (SSSR count). The molecule has 1 aliphatic carbocycles. The first kappa shape index (κ1) is 19.5. The molecule has 0 bridgehead atoms. The van der Waals surface area contributed by atoms with Gasteiger partial charge in [-0.05, 0) is 55.1 Å². The van der Waals surface area contributed by atoms with Crippen molar-refractivity contribution < 1.29 is 14.0 Å². The summed E-state index contributed by atoms with van der Waals surface area (Å²) in [4.78, 5) is 6.91. The Kier molecular flexibility index (Phi) is 5.81. The number of rotatable bonds is 7. The number of aryl methyl sites for hydroxylation is 1. The van der Waals surface area contributed by atoms with Crippen LogP contribution in [0.15, 0.2) is 47.0 Å². The van der Waals surface area contributed by atoms with Crippen molar-refractivity contribution in [2.45, 2.75) is 38.3 Å². The van der Waals surface area contributed by atoms with Crippen LogP contribution in [0.2, 0.25) is 0 Å². The van der Waals surface area contributed by atoms with E-state index in [4.69, 9.17) is 14.0 Å². The predicted octanol–water partition coefficient (Wildman–Crippen LogP) is 4.19. The van der Waals surface area contributed by atoms with Gasteiger partial charge >= 0.3 is 0 Å². The number of nitrogens with zero attached hydrogens (tertiary/aromatic N) is 3. The Hall–Kier alpha value is -2.86. The van der Waals surface area contributed by atoms with Gasteiger partial charge in [0.25, 0.3) is 0 Å². The smallest absolute Gasteiger partial charge is 0.240 e. The normalized spacial score (nSPS) is 15.9. The second kappa shape index (κ2) is 8.66. The highest BCUT2D eigenvalue weighted by molar-refractivity contribution is 5.43. The van der Waals surface area contributed by atoms with Gasteiger partial charge in [-0.1, -0.05) is 35.5 Å². The maximum Gasteiger partial charge on any atom is 0.240 e. The van der Waals surface area contributed by atoms with Crippen molar-refractivity contribution >= 4 is 0 Å². The lowest BCUT2D eigenvalue weighted by Crippen LogP contribution is -2.27. The van der Waals surface area contributed by atoms with Crippen LogP contribution in [0.3, 0.4) is 0 Å². The minimum atomic E-state index is 0.390. The highest BCUT2D eigenvalue weighted by Crippen LogP contribution is 2.34. The van der Waals surface area contributed by atoms with Crippen LogP contribution in [0.25, 0.3) is 0 Å². The monoisotopic (exact) mass is 393 g/mol. The molecule has 0 amide bonds. The summed E-state index contributed by atoms with van der Waals surface area (Å²) in [7, 11) is 5.39. The summed E-state index contributed by atoms with van der Waals surface area (Å²) in [6.07, 6.45) is 4.11. The molecule has 0 saturated heterocycles. The predicted molar refractivity (Wildman–Crippen MR) is 110 cm³/mol. The lowest BCUT2D eigenvalue weighted by atomic mass is 9.87. The van der Waals surface area contributed by atoms with E-state index in [0.29, 0.717) is 42.2 Å². The zero-order chi connectivity index (χ0) is 20.2. The maximum atomic E-state index is 5.53. The molecule has 29 heavy (non-hydrogen) atoms. The lowest BCUT2D eigenvalue weighted by Gasteiger charge is -2.32. The minimum Gasteiger partial charge on any atom is -0.493 e. The fraction of sp³-hybridized carbons (Fsp3) is 0.391. The van der Waals surface area contributed by atoms with Crippen molar-refractivity contribution in [3.8, 4) is 11.5 Å². The molecule has 6 nitrogen and oxygen atoms in total. The zero-order valence-corrected chi connectivity index (χ0v) is 17.2. The summed E-state index contributed by atoms with van der Waals surface area (Å²) >= 11 is 0. The summed E-state index contributed by atoms with van der Waals surface area (Å²) in [5, 5.41) is 4.17. The van der Waals surface area contributed by atoms with Gasteiger partial charge in [0, 0.05) is 12.5 Å². The number of fused-ring (bicyclic) bond motifs is 1. The number of ether oxygens (including phenoxy) is 2. The van der Waals surface area contributed by atoms with Crippen LogP contribution in [0.5, 0.6) is 11.5 Å². The van der Waals surface area contributed by atoms with Gasteiger partial charge in [0.15, 0.2) is 17.3 Å². The van der Waals surface area contributed by atoms with Crippen LogP contribution < -0.4 is 9.47 Å². The molecule has 152 valence electrons. The van der Waals surface area contributed by atoms with Crippen molar-refractivity contribution in [3.63, 3.8) is 0 Å². The second-order valence-electron chi connectivity index (χ2n) is 7.49. The maximum absolute atomic E-state index is 5.53. The van der Waals surface area contributed by atoms with Crippen LogP contribution in [-0.4, -0.2) is 36.3 Å². The first-order chi connectivity index (χ1) is 14.2. The van der Waals surface area contributed by atoms with Gasteiger partial charge in [0.05, 0.1) is 20.8 Å². The number of hydrogen-bond acceptors (Lipinski definition) is 6. The number of methoxy groups -OCH3 is 2. The molecular weight excluding hydrogens is 366 g/mol. The molecule has 3 aromatic rings. The van der Waals surface area contributed by atoms with Crippen LogP contribution in [0.4, 0.5) is 0 Å². The highest BCUT2D eigenvalue weighted by atomic mass is 16.5. The number of hydrogen-bond donors (Lipinski definition) is 0. The zero-order valence-electron chi connectivity index (χ0n) is 17.2. The summed E-state index contributed by atoms with van der Waals surface area (Å²) in [6.45, 7) is 0.637. The Morgan fingerprint density at radius 2 is 1.93 bits per heavy atom. The van der Waals surface area contributed by atoms with E-state index in [1.807, 2.05) is 18.2 Å². The largest absolute Gasteiger partial charge is 0.493 e. The van der Waals surface area contributed by atoms with E-state index in [1.54, 1.807) is 14.2 Å². The Labute approximate surface area is 171 Å². The van der Waals surface area contributed by atoms with E-state index in [0.717, 1.165) is 18.4 Å². The van der Waals surface area contributed by atoms with Gasteiger partial charge in [0.2, 0.25) is 5.89 Å². The quantitative estimate of drug-likeness (QED) is 0.600. The number of aromatic nitrogens is 2. The molecule has 6 heteroatoms. The molecule has 1 heterocycles. The molecule has 0 N–H and O–H groups in total. The lowest BCUT2D eigenvalue weighted by molar-refractivity contribution is 0.187. The van der Waals surface area contributed by atoms with E-state index in [1.165, 1.54) is 17.5 Å². The summed E-state index contributed by atoms with van der Waals surface area (Å²) in [5.74, 6) is 2.72. The molecular formula is C23H27N3O3. The molecule has 0 spiro atoms. The van der Waals surface area contributed by atoms with Crippen LogP contribution in [0.1, 0.15) is 47.3 Å². The SMILES string of the molecule is COc1ccc(Cc2noc(CN(C)[C@H]3CCCc4ccccc43)n2)cc1OC. The van der Waals surface area contributed by atoms with Crippen molar-refractivity contribution in [1.29, 1.82) is 0 Å². The fourth-order valence-electron chi connectivity index (χ4n) is 4.11. The Bertz CT molecular complexity index is 970. The van der Waals surface area contributed by atoms with E-state index >= 15 is 0 Å². The standard InChI is InChI=1S/C23H27N3O3/c1-26(19-10-6-8-17-7-4-5-9-18(17)19)15-23-24-22(25-29-23)14-16-11-12-20(27-2)21(13-16)28-3/h4-5,7,9,11-13,19H,6,8,10,14-15H2,1-3H3/t19-/m0/s1. The summed E-state index contributed by atoms with van der Waals surface area (Å²) in [5.41, 5.74) is 3.92. The van der Waals surface area contributed by atoms with Gasteiger partial charge in [-0.2, -0.15) is 4.98 Å². The molecule has 0 aliphatic heterocycles. The summed E-state index contributed by atoms with van der Waals surface area (Å²) < 4.78 is 16.2. The first-order valence-corrected chi connectivity index (χ1v) is 9.98. The molecule has 0 unspecified atom stereocenters. The van der Waals surface area contributed by atoms with Gasteiger partial charge in [0.1, 0.15) is 0 Å². The third-order valence-electron chi connectivity index (χ3n) is 5.57. The highest BCUT2D eigenvalue weighted by Gasteiger charge is 2.24. The van der Waals surface area contributed by atoms with Crippen molar-refractivity contribution in [2.24, 2.45) is 0 Å². The molecule has 2 aromatic carbocycles. The Morgan fingerprint density at radius 1 is 1.10 bits per heavy atom. The number of benzene rings is 2. The first-order valence-electron chi connectivity index (χ1n) is 9.98. The Balaban J connectivity index is 1.43. The van der Waals surface area contributed by atoms with E-state index < -0.39 is 0 Å². The minimum absolute atomic E-state index is 0.390. The third kappa shape index (κ3) is 4.27. The Morgan fingerprint density at radius 3 is 2.76 bits per heavy atom. The van der Waals surface area contributed by atoms with Gasteiger partial charge in [-0.25, -0.2) is 0 Å². The van der Waals surface area contributed by atoms with E-state index in [9.17, 15) is 0 Å².